The molecule has 2 rings (SSSR count). The molecule has 1 aromatic rings. The number of aliphatic hydroxyl groups is 1. The summed E-state index contributed by atoms with van der Waals surface area (Å²) in [6.07, 6.45) is 1.17. The van der Waals surface area contributed by atoms with Gasteiger partial charge in [-0.15, -0.1) is 0 Å². The lowest BCUT2D eigenvalue weighted by molar-refractivity contribution is -0.0955. The third kappa shape index (κ3) is 4.76. The molecule has 1 heterocycles. The Morgan fingerprint density at radius 2 is 2.19 bits per heavy atom. The minimum atomic E-state index is -0.0507. The third-order valence-corrected chi connectivity index (χ3v) is 4.69. The molecule has 0 bridgehead atoms. The van der Waals surface area contributed by atoms with E-state index in [0.717, 1.165) is 30.5 Å². The molecular formula is C16H25BrN2O2. The molecule has 3 atom stereocenters. The predicted molar refractivity (Wildman–Crippen MR) is 88.4 cm³/mol. The quantitative estimate of drug-likeness (QED) is 0.819. The number of nitrogens with zero attached hydrogens (tertiary/aromatic N) is 1. The van der Waals surface area contributed by atoms with Crippen molar-refractivity contribution in [2.45, 2.75) is 31.6 Å². The second-order valence-corrected chi connectivity index (χ2v) is 6.52. The average molecular weight is 357 g/mol. The molecule has 21 heavy (non-hydrogen) atoms. The summed E-state index contributed by atoms with van der Waals surface area (Å²) in [5.41, 5.74) is 1.29. The molecule has 0 saturated carbocycles. The SMILES string of the molecule is CNC(CCN1CC(C)OC(CO)C1)c1ccccc1Br. The van der Waals surface area contributed by atoms with Crippen molar-refractivity contribution in [1.82, 2.24) is 10.2 Å². The van der Waals surface area contributed by atoms with Gasteiger partial charge >= 0.3 is 0 Å². The Kier molecular flexibility index (Phi) is 6.64. The van der Waals surface area contributed by atoms with E-state index in [1.54, 1.807) is 0 Å². The number of aliphatic hydroxyl groups excluding tert-OH is 1. The highest BCUT2D eigenvalue weighted by atomic mass is 79.9. The van der Waals surface area contributed by atoms with E-state index in [4.69, 9.17) is 4.74 Å². The highest BCUT2D eigenvalue weighted by Gasteiger charge is 2.25. The molecule has 0 spiro atoms. The molecule has 1 aliphatic heterocycles. The minimum absolute atomic E-state index is 0.0507. The van der Waals surface area contributed by atoms with Gasteiger partial charge in [0.1, 0.15) is 0 Å². The van der Waals surface area contributed by atoms with Crippen LogP contribution >= 0.6 is 15.9 Å². The molecule has 5 heteroatoms. The molecule has 0 radical (unpaired) electrons. The first kappa shape index (κ1) is 16.9. The molecule has 0 aromatic heterocycles. The summed E-state index contributed by atoms with van der Waals surface area (Å²) in [6, 6.07) is 8.67. The standard InChI is InChI=1S/C16H25BrN2O2/c1-12-9-19(10-13(11-20)21-12)8-7-16(18-2)14-5-3-4-6-15(14)17/h3-6,12-13,16,18,20H,7-11H2,1-2H3. The number of hydrogen-bond donors (Lipinski definition) is 2. The van der Waals surface area contributed by atoms with Crippen LogP contribution in [-0.2, 0) is 4.74 Å². The summed E-state index contributed by atoms with van der Waals surface area (Å²) in [6.45, 7) is 4.91. The molecular weight excluding hydrogens is 332 g/mol. The van der Waals surface area contributed by atoms with Crippen LogP contribution in [-0.4, -0.2) is 55.5 Å². The number of rotatable bonds is 6. The average Bonchev–Trinajstić information content (AvgIpc) is 2.49. The highest BCUT2D eigenvalue weighted by molar-refractivity contribution is 9.10. The van der Waals surface area contributed by atoms with E-state index in [9.17, 15) is 5.11 Å². The van der Waals surface area contributed by atoms with Crippen LogP contribution < -0.4 is 5.32 Å². The lowest BCUT2D eigenvalue weighted by Gasteiger charge is -2.36. The third-order valence-electron chi connectivity index (χ3n) is 3.97. The van der Waals surface area contributed by atoms with Gasteiger partial charge in [-0.05, 0) is 32.0 Å². The minimum Gasteiger partial charge on any atom is -0.394 e. The van der Waals surface area contributed by atoms with Crippen LogP contribution in [0.2, 0.25) is 0 Å². The van der Waals surface area contributed by atoms with Crippen LogP contribution in [0.25, 0.3) is 0 Å². The molecule has 2 N–H and O–H groups in total. The van der Waals surface area contributed by atoms with Gasteiger partial charge in [-0.25, -0.2) is 0 Å². The number of ether oxygens (including phenoxy) is 1. The summed E-state index contributed by atoms with van der Waals surface area (Å²) >= 11 is 3.63. The van der Waals surface area contributed by atoms with Crippen LogP contribution in [0, 0.1) is 0 Å². The largest absolute Gasteiger partial charge is 0.394 e. The maximum atomic E-state index is 9.29. The summed E-state index contributed by atoms with van der Waals surface area (Å²) < 4.78 is 6.83. The molecule has 1 saturated heterocycles. The Balaban J connectivity index is 1.92. The van der Waals surface area contributed by atoms with E-state index in [2.05, 4.69) is 51.3 Å². The maximum absolute atomic E-state index is 9.29. The zero-order valence-corrected chi connectivity index (χ0v) is 14.3. The van der Waals surface area contributed by atoms with Crippen LogP contribution in [0.3, 0.4) is 0 Å². The van der Waals surface area contributed by atoms with Gasteiger partial charge in [0.05, 0.1) is 18.8 Å². The fourth-order valence-electron chi connectivity index (χ4n) is 2.95. The fraction of sp³-hybridized carbons (Fsp3) is 0.625. The van der Waals surface area contributed by atoms with Gasteiger partial charge in [0.2, 0.25) is 0 Å². The van der Waals surface area contributed by atoms with E-state index in [-0.39, 0.29) is 18.8 Å². The Bertz CT molecular complexity index is 444. The van der Waals surface area contributed by atoms with Crippen LogP contribution in [0.5, 0.6) is 0 Å². The summed E-state index contributed by atoms with van der Waals surface area (Å²) in [4.78, 5) is 2.39. The van der Waals surface area contributed by atoms with E-state index in [1.807, 2.05) is 13.1 Å². The normalized spacial score (nSPS) is 25.0. The van der Waals surface area contributed by atoms with Gasteiger partial charge in [0, 0.05) is 30.1 Å². The first-order chi connectivity index (χ1) is 10.1. The molecule has 0 amide bonds. The van der Waals surface area contributed by atoms with E-state index in [1.165, 1.54) is 5.56 Å². The van der Waals surface area contributed by atoms with Crippen molar-refractivity contribution in [2.75, 3.05) is 33.3 Å². The van der Waals surface area contributed by atoms with E-state index >= 15 is 0 Å². The number of morpholine rings is 1. The Hall–Kier alpha value is -0.460. The summed E-state index contributed by atoms with van der Waals surface area (Å²) in [5.74, 6) is 0. The van der Waals surface area contributed by atoms with Gasteiger partial charge in [0.15, 0.2) is 0 Å². The number of nitrogens with one attached hydrogen (secondary N) is 1. The Morgan fingerprint density at radius 3 is 2.86 bits per heavy atom. The molecule has 4 nitrogen and oxygen atoms in total. The van der Waals surface area contributed by atoms with Crippen molar-refractivity contribution in [2.24, 2.45) is 0 Å². The molecule has 1 fully saturated rings. The van der Waals surface area contributed by atoms with E-state index < -0.39 is 0 Å². The first-order valence-corrected chi connectivity index (χ1v) is 8.33. The fourth-order valence-corrected chi connectivity index (χ4v) is 3.51. The van der Waals surface area contributed by atoms with Gasteiger partial charge in [-0.1, -0.05) is 34.1 Å². The number of halogens is 1. The van der Waals surface area contributed by atoms with Crippen molar-refractivity contribution in [1.29, 1.82) is 0 Å². The number of benzene rings is 1. The summed E-state index contributed by atoms with van der Waals surface area (Å²) in [7, 11) is 2.00. The second-order valence-electron chi connectivity index (χ2n) is 5.66. The van der Waals surface area contributed by atoms with Gasteiger partial charge in [0.25, 0.3) is 0 Å². The molecule has 1 aliphatic rings. The van der Waals surface area contributed by atoms with Crippen molar-refractivity contribution in [3.8, 4) is 0 Å². The van der Waals surface area contributed by atoms with E-state index in [0.29, 0.717) is 6.04 Å². The smallest absolute Gasteiger partial charge is 0.0936 e. The van der Waals surface area contributed by atoms with Crippen molar-refractivity contribution >= 4 is 15.9 Å². The zero-order valence-electron chi connectivity index (χ0n) is 12.8. The van der Waals surface area contributed by atoms with Crippen LogP contribution in [0.1, 0.15) is 24.9 Å². The maximum Gasteiger partial charge on any atom is 0.0936 e. The van der Waals surface area contributed by atoms with Gasteiger partial charge in [-0.2, -0.15) is 0 Å². The molecule has 3 unspecified atom stereocenters. The lowest BCUT2D eigenvalue weighted by Crippen LogP contribution is -2.48. The Morgan fingerprint density at radius 1 is 1.43 bits per heavy atom. The van der Waals surface area contributed by atoms with Crippen molar-refractivity contribution in [3.05, 3.63) is 34.3 Å². The monoisotopic (exact) mass is 356 g/mol. The summed E-state index contributed by atoms with van der Waals surface area (Å²) in [5, 5.41) is 12.7. The topological polar surface area (TPSA) is 44.7 Å². The molecule has 118 valence electrons. The van der Waals surface area contributed by atoms with Crippen molar-refractivity contribution < 1.29 is 9.84 Å². The van der Waals surface area contributed by atoms with Gasteiger partial charge in [-0.3, -0.25) is 4.90 Å². The highest BCUT2D eigenvalue weighted by Crippen LogP contribution is 2.25. The zero-order chi connectivity index (χ0) is 15.2. The van der Waals surface area contributed by atoms with Gasteiger partial charge < -0.3 is 15.2 Å². The second kappa shape index (κ2) is 8.25. The number of hydrogen-bond acceptors (Lipinski definition) is 4. The molecule has 0 aliphatic carbocycles. The van der Waals surface area contributed by atoms with Crippen molar-refractivity contribution in [3.63, 3.8) is 0 Å². The van der Waals surface area contributed by atoms with Crippen LogP contribution in [0.15, 0.2) is 28.7 Å². The first-order valence-electron chi connectivity index (χ1n) is 7.54. The predicted octanol–water partition coefficient (Wildman–Crippen LogP) is 2.18. The van der Waals surface area contributed by atoms with Crippen LogP contribution in [0.4, 0.5) is 0 Å². The Labute approximate surface area is 135 Å². The lowest BCUT2D eigenvalue weighted by atomic mass is 10.0. The molecule has 1 aromatic carbocycles.